The van der Waals surface area contributed by atoms with Crippen molar-refractivity contribution in [1.82, 2.24) is 19.9 Å². The van der Waals surface area contributed by atoms with Crippen LogP contribution in [0.25, 0.3) is 11.2 Å². The Morgan fingerprint density at radius 1 is 1.03 bits per heavy atom. The first-order chi connectivity index (χ1) is 14.3. The highest BCUT2D eigenvalue weighted by atomic mass is 33.1. The second kappa shape index (κ2) is 8.93. The quantitative estimate of drug-likeness (QED) is 0.500. The average molecular weight is 446 g/mol. The highest BCUT2D eigenvalue weighted by Crippen LogP contribution is 2.29. The fourth-order valence-electron chi connectivity index (χ4n) is 3.50. The van der Waals surface area contributed by atoms with Gasteiger partial charge in [-0.25, -0.2) is 4.98 Å². The molecule has 0 radical (unpaired) electrons. The van der Waals surface area contributed by atoms with Gasteiger partial charge in [0.15, 0.2) is 11.5 Å². The number of fused-ring (bicyclic) bond motifs is 1. The number of H-pyrrole nitrogens is 1. The van der Waals surface area contributed by atoms with E-state index in [4.69, 9.17) is 4.98 Å². The number of hydrogen-bond acceptors (Lipinski definition) is 9. The molecule has 0 bridgehead atoms. The summed E-state index contributed by atoms with van der Waals surface area (Å²) < 4.78 is 0. The molecule has 29 heavy (non-hydrogen) atoms. The molecule has 152 valence electrons. The number of hydrogen-bond donors (Lipinski definition) is 3. The molecule has 0 saturated carbocycles. The van der Waals surface area contributed by atoms with E-state index < -0.39 is 0 Å². The maximum atomic E-state index is 4.73. The Morgan fingerprint density at radius 3 is 2.62 bits per heavy atom. The van der Waals surface area contributed by atoms with E-state index in [1.165, 1.54) is 11.4 Å². The van der Waals surface area contributed by atoms with Gasteiger partial charge in [0, 0.05) is 47.8 Å². The van der Waals surface area contributed by atoms with Crippen LogP contribution in [-0.2, 0) is 0 Å². The Labute approximate surface area is 182 Å². The van der Waals surface area contributed by atoms with Crippen LogP contribution in [-0.4, -0.2) is 62.1 Å². The summed E-state index contributed by atoms with van der Waals surface area (Å²) in [6, 6.07) is 8.98. The first-order valence-electron chi connectivity index (χ1n) is 9.77. The third kappa shape index (κ3) is 4.54. The van der Waals surface area contributed by atoms with Gasteiger partial charge >= 0.3 is 0 Å². The number of imidazole rings is 1. The van der Waals surface area contributed by atoms with Crippen LogP contribution >= 0.6 is 33.3 Å². The molecule has 0 spiro atoms. The standard InChI is InChI=1S/C19H23N7S3/c1-3-15(26-6-9-28-29-10-7-26)4-2-13(1)23-19-24-17-16(20-12-21-17)18(25-19)22-14-5-8-27-11-14/h1-4,12,14H,5-11H2,(H3,20,21,22,23,24,25). The fraction of sp³-hybridized carbons (Fsp3) is 0.421. The molecule has 10 heteroatoms. The largest absolute Gasteiger partial charge is 0.370 e. The molecule has 5 rings (SSSR count). The number of benzene rings is 1. The number of nitrogens with zero attached hydrogens (tertiary/aromatic N) is 4. The maximum absolute atomic E-state index is 4.73. The Bertz CT molecular complexity index is 948. The average Bonchev–Trinajstić information content (AvgIpc) is 3.35. The molecule has 2 aliphatic rings. The highest BCUT2D eigenvalue weighted by molar-refractivity contribution is 8.76. The molecule has 1 aromatic carbocycles. The molecule has 0 amide bonds. The van der Waals surface area contributed by atoms with E-state index in [-0.39, 0.29) is 0 Å². The molecule has 2 fully saturated rings. The Balaban J connectivity index is 1.34. The van der Waals surface area contributed by atoms with Crippen LogP contribution in [0.4, 0.5) is 23.1 Å². The normalized spacial score (nSPS) is 20.0. The first-order valence-corrected chi connectivity index (χ1v) is 13.4. The van der Waals surface area contributed by atoms with Gasteiger partial charge in [-0.3, -0.25) is 0 Å². The van der Waals surface area contributed by atoms with E-state index >= 15 is 0 Å². The van der Waals surface area contributed by atoms with Crippen molar-refractivity contribution in [3.63, 3.8) is 0 Å². The first kappa shape index (κ1) is 19.2. The van der Waals surface area contributed by atoms with Crippen molar-refractivity contribution in [2.24, 2.45) is 0 Å². The summed E-state index contributed by atoms with van der Waals surface area (Å²) >= 11 is 1.98. The number of anilines is 4. The molecule has 2 aromatic heterocycles. The van der Waals surface area contributed by atoms with E-state index in [0.29, 0.717) is 17.6 Å². The molecule has 0 aliphatic carbocycles. The van der Waals surface area contributed by atoms with Gasteiger partial charge < -0.3 is 20.5 Å². The lowest BCUT2D eigenvalue weighted by atomic mass is 10.2. The summed E-state index contributed by atoms with van der Waals surface area (Å²) in [7, 11) is 3.93. The predicted molar refractivity (Wildman–Crippen MR) is 128 cm³/mol. The van der Waals surface area contributed by atoms with Crippen molar-refractivity contribution >= 4 is 67.7 Å². The third-order valence-corrected chi connectivity index (χ3v) is 8.54. The van der Waals surface area contributed by atoms with Crippen molar-refractivity contribution in [2.45, 2.75) is 12.5 Å². The van der Waals surface area contributed by atoms with E-state index in [0.717, 1.165) is 53.8 Å². The molecular weight excluding hydrogens is 422 g/mol. The summed E-state index contributed by atoms with van der Waals surface area (Å²) in [6.07, 6.45) is 2.83. The van der Waals surface area contributed by atoms with Crippen LogP contribution in [0.3, 0.4) is 0 Å². The molecule has 2 saturated heterocycles. The van der Waals surface area contributed by atoms with Gasteiger partial charge in [-0.2, -0.15) is 21.7 Å². The smallest absolute Gasteiger partial charge is 0.231 e. The molecule has 2 aliphatic heterocycles. The molecule has 1 unspecified atom stereocenters. The monoisotopic (exact) mass is 445 g/mol. The van der Waals surface area contributed by atoms with Crippen LogP contribution in [0.5, 0.6) is 0 Å². The van der Waals surface area contributed by atoms with E-state index in [9.17, 15) is 0 Å². The number of thioether (sulfide) groups is 1. The van der Waals surface area contributed by atoms with Crippen LogP contribution in [0.15, 0.2) is 30.6 Å². The number of nitrogens with one attached hydrogen (secondary N) is 3. The number of rotatable bonds is 5. The SMILES string of the molecule is c1nc2nc(Nc3ccc(N4CCSSCC4)cc3)nc(NC3CCSC3)c2[nH]1. The minimum Gasteiger partial charge on any atom is -0.370 e. The number of aromatic amines is 1. The van der Waals surface area contributed by atoms with Gasteiger partial charge in [0.05, 0.1) is 6.33 Å². The second-order valence-electron chi connectivity index (χ2n) is 7.00. The van der Waals surface area contributed by atoms with Crippen LogP contribution in [0, 0.1) is 0 Å². The summed E-state index contributed by atoms with van der Waals surface area (Å²) in [5.41, 5.74) is 3.78. The van der Waals surface area contributed by atoms with Gasteiger partial charge in [-0.05, 0) is 36.4 Å². The Kier molecular flexibility index (Phi) is 5.91. The van der Waals surface area contributed by atoms with Gasteiger partial charge in [0.1, 0.15) is 5.52 Å². The van der Waals surface area contributed by atoms with Crippen molar-refractivity contribution in [3.05, 3.63) is 30.6 Å². The van der Waals surface area contributed by atoms with Crippen molar-refractivity contribution in [1.29, 1.82) is 0 Å². The minimum absolute atomic E-state index is 0.443. The fourth-order valence-corrected chi connectivity index (χ4v) is 6.63. The molecule has 3 N–H and O–H groups in total. The van der Waals surface area contributed by atoms with Crippen molar-refractivity contribution in [2.75, 3.05) is 51.6 Å². The summed E-state index contributed by atoms with van der Waals surface area (Å²) in [5.74, 6) is 6.01. The molecule has 1 atom stereocenters. The lowest BCUT2D eigenvalue weighted by Gasteiger charge is -2.22. The number of aromatic nitrogens is 4. The summed E-state index contributed by atoms with van der Waals surface area (Å²) in [6.45, 7) is 2.19. The Hall–Kier alpha value is -1.78. The molecule has 7 nitrogen and oxygen atoms in total. The Morgan fingerprint density at radius 2 is 1.86 bits per heavy atom. The lowest BCUT2D eigenvalue weighted by molar-refractivity contribution is 0.808. The molecular formula is C19H23N7S3. The minimum atomic E-state index is 0.443. The van der Waals surface area contributed by atoms with Crippen LogP contribution in [0.1, 0.15) is 6.42 Å². The van der Waals surface area contributed by atoms with Crippen molar-refractivity contribution in [3.8, 4) is 0 Å². The van der Waals surface area contributed by atoms with Crippen LogP contribution < -0.4 is 15.5 Å². The zero-order valence-electron chi connectivity index (χ0n) is 15.9. The second-order valence-corrected chi connectivity index (χ2v) is 10.9. The van der Waals surface area contributed by atoms with E-state index in [1.807, 2.05) is 33.3 Å². The van der Waals surface area contributed by atoms with Gasteiger partial charge in [0.25, 0.3) is 0 Å². The zero-order valence-corrected chi connectivity index (χ0v) is 18.4. The van der Waals surface area contributed by atoms with E-state index in [1.54, 1.807) is 6.33 Å². The van der Waals surface area contributed by atoms with Crippen molar-refractivity contribution < 1.29 is 0 Å². The summed E-state index contributed by atoms with van der Waals surface area (Å²) in [4.78, 5) is 19.2. The molecule has 4 heterocycles. The van der Waals surface area contributed by atoms with Crippen LogP contribution in [0.2, 0.25) is 0 Å². The lowest BCUT2D eigenvalue weighted by Crippen LogP contribution is -2.26. The predicted octanol–water partition coefficient (Wildman–Crippen LogP) is 4.22. The topological polar surface area (TPSA) is 81.8 Å². The maximum Gasteiger partial charge on any atom is 0.231 e. The third-order valence-electron chi connectivity index (χ3n) is 5.02. The van der Waals surface area contributed by atoms with E-state index in [2.05, 4.69) is 54.8 Å². The molecule has 3 aromatic rings. The van der Waals surface area contributed by atoms with Gasteiger partial charge in [-0.15, -0.1) is 0 Å². The highest BCUT2D eigenvalue weighted by Gasteiger charge is 2.19. The van der Waals surface area contributed by atoms with Gasteiger partial charge in [0.2, 0.25) is 5.95 Å². The zero-order chi connectivity index (χ0) is 19.5. The summed E-state index contributed by atoms with van der Waals surface area (Å²) in [5, 5.41) is 6.91. The van der Waals surface area contributed by atoms with Gasteiger partial charge in [-0.1, -0.05) is 21.6 Å².